The maximum atomic E-state index is 5.16. The van der Waals surface area contributed by atoms with Crippen molar-refractivity contribution in [2.45, 2.75) is 0 Å². The molecule has 1 nitrogen and oxygen atoms in total. The van der Waals surface area contributed by atoms with E-state index in [9.17, 15) is 0 Å². The molecule has 4 heteroatoms. The fraction of sp³-hybridized carbons (Fsp3) is 1.00. The predicted molar refractivity (Wildman–Crippen MR) is 28.5 cm³/mol. The van der Waals surface area contributed by atoms with E-state index in [0.29, 0.717) is 0 Å². The molecule has 0 heterocycles. The molecule has 0 saturated heterocycles. The van der Waals surface area contributed by atoms with E-state index in [1.807, 2.05) is 0 Å². The molecule has 0 saturated carbocycles. The minimum absolute atomic E-state index is 1.32. The standard InChI is InChI=1S/CH4ClOPS/c1-3-4(2)5/h4H,1H3. The predicted octanol–water partition coefficient (Wildman–Crippen LogP) is 1.38. The lowest BCUT2D eigenvalue weighted by Gasteiger charge is -1.80. The van der Waals surface area contributed by atoms with Crippen LogP contribution in [0.15, 0.2) is 0 Å². The van der Waals surface area contributed by atoms with Gasteiger partial charge in [-0.1, -0.05) is 23.0 Å². The van der Waals surface area contributed by atoms with Gasteiger partial charge in [-0.2, -0.15) is 0 Å². The Kier molecular flexibility index (Phi) is 3.66. The molecule has 0 aliphatic rings. The van der Waals surface area contributed by atoms with Crippen LogP contribution >= 0.6 is 17.5 Å². The van der Waals surface area contributed by atoms with Gasteiger partial charge in [-0.05, 0) is 0 Å². The highest BCUT2D eigenvalue weighted by Crippen LogP contribution is 2.25. The van der Waals surface area contributed by atoms with Crippen molar-refractivity contribution in [3.63, 3.8) is 0 Å². The molecule has 0 fully saturated rings. The summed E-state index contributed by atoms with van der Waals surface area (Å²) >= 11 is 9.58. The Morgan fingerprint density at radius 1 is 2.00 bits per heavy atom. The molecule has 5 heavy (non-hydrogen) atoms. The first-order valence-electron chi connectivity index (χ1n) is 1.01. The SMILES string of the molecule is CO[PH](=S)Cl. The molecule has 0 bridgehead atoms. The van der Waals surface area contributed by atoms with Gasteiger partial charge in [-0.3, -0.25) is 0 Å². The fourth-order valence-electron chi connectivity index (χ4n) is 0. The fourth-order valence-corrected chi connectivity index (χ4v) is 0. The van der Waals surface area contributed by atoms with Gasteiger partial charge in [-0.25, -0.2) is 0 Å². The Hall–Kier alpha value is 0.900. The minimum atomic E-state index is -1.32. The van der Waals surface area contributed by atoms with Crippen molar-refractivity contribution in [1.29, 1.82) is 0 Å². The van der Waals surface area contributed by atoms with E-state index in [1.54, 1.807) is 0 Å². The molecule has 0 spiro atoms. The summed E-state index contributed by atoms with van der Waals surface area (Å²) in [6.07, 6.45) is -1.32. The average Bonchev–Trinajstić information content (AvgIpc) is 1.38. The Morgan fingerprint density at radius 3 is 2.20 bits per heavy atom. The Morgan fingerprint density at radius 2 is 2.20 bits per heavy atom. The van der Waals surface area contributed by atoms with Gasteiger partial charge >= 0.3 is 0 Å². The van der Waals surface area contributed by atoms with Crippen LogP contribution in [0.3, 0.4) is 0 Å². The van der Waals surface area contributed by atoms with Crippen molar-refractivity contribution in [2.75, 3.05) is 7.11 Å². The summed E-state index contributed by atoms with van der Waals surface area (Å²) in [7, 11) is 1.51. The van der Waals surface area contributed by atoms with Gasteiger partial charge in [0.15, 0.2) is 0 Å². The Bertz CT molecular complexity index is 46.9. The third kappa shape index (κ3) is 4.90. The molecular weight excluding hydrogens is 127 g/mol. The van der Waals surface area contributed by atoms with E-state index in [2.05, 4.69) is 16.3 Å². The van der Waals surface area contributed by atoms with Crippen molar-refractivity contribution >= 4 is 29.3 Å². The molecule has 0 rings (SSSR count). The molecular formula is CH4ClOPS. The monoisotopic (exact) mass is 130 g/mol. The van der Waals surface area contributed by atoms with Crippen molar-refractivity contribution < 1.29 is 4.52 Å². The molecule has 1 atom stereocenters. The van der Waals surface area contributed by atoms with Crippen molar-refractivity contribution in [3.05, 3.63) is 0 Å². The van der Waals surface area contributed by atoms with Gasteiger partial charge in [0.05, 0.1) is 0 Å². The summed E-state index contributed by atoms with van der Waals surface area (Å²) in [4.78, 5) is 0. The van der Waals surface area contributed by atoms with Gasteiger partial charge in [-0.15, -0.1) is 0 Å². The second-order valence-electron chi connectivity index (χ2n) is 0.442. The average molecular weight is 131 g/mol. The summed E-state index contributed by atoms with van der Waals surface area (Å²) in [6, 6.07) is 0. The van der Waals surface area contributed by atoms with Crippen molar-refractivity contribution in [1.82, 2.24) is 0 Å². The molecule has 32 valence electrons. The van der Waals surface area contributed by atoms with Crippen LogP contribution < -0.4 is 0 Å². The normalized spacial score (nSPS) is 14.8. The highest BCUT2D eigenvalue weighted by atomic mass is 35.7. The summed E-state index contributed by atoms with van der Waals surface area (Å²) in [6.45, 7) is 0. The van der Waals surface area contributed by atoms with Gasteiger partial charge < -0.3 is 4.52 Å². The molecule has 0 N–H and O–H groups in total. The van der Waals surface area contributed by atoms with Crippen LogP contribution in [0, 0.1) is 0 Å². The van der Waals surface area contributed by atoms with Crippen molar-refractivity contribution in [2.24, 2.45) is 0 Å². The quantitative estimate of drug-likeness (QED) is 0.496. The number of rotatable bonds is 1. The molecule has 0 aliphatic carbocycles. The zero-order valence-corrected chi connectivity index (χ0v) is 5.27. The highest BCUT2D eigenvalue weighted by molar-refractivity contribution is 8.14. The van der Waals surface area contributed by atoms with E-state index in [1.165, 1.54) is 7.11 Å². The second kappa shape index (κ2) is 3.10. The zero-order chi connectivity index (χ0) is 4.28. The zero-order valence-electron chi connectivity index (χ0n) is 2.69. The minimum Gasteiger partial charge on any atom is -0.343 e. The summed E-state index contributed by atoms with van der Waals surface area (Å²) in [5.41, 5.74) is 0. The van der Waals surface area contributed by atoms with Gasteiger partial charge in [0.2, 0.25) is 0 Å². The van der Waals surface area contributed by atoms with Crippen LogP contribution in [-0.2, 0) is 16.3 Å². The van der Waals surface area contributed by atoms with E-state index < -0.39 is 6.28 Å². The van der Waals surface area contributed by atoms with Crippen LogP contribution in [0.1, 0.15) is 0 Å². The molecule has 1 unspecified atom stereocenters. The number of hydrogen-bond donors (Lipinski definition) is 0. The summed E-state index contributed by atoms with van der Waals surface area (Å²) in [5, 5.41) is 0. The lowest BCUT2D eigenvalue weighted by atomic mass is 11.8. The smallest absolute Gasteiger partial charge is 0.139 e. The Labute approximate surface area is 41.6 Å². The largest absolute Gasteiger partial charge is 0.343 e. The first-order valence-corrected chi connectivity index (χ1v) is 4.56. The number of hydrogen-bond acceptors (Lipinski definition) is 2. The third-order valence-corrected chi connectivity index (χ3v) is 1.44. The van der Waals surface area contributed by atoms with E-state index in [-0.39, 0.29) is 0 Å². The second-order valence-corrected chi connectivity index (χ2v) is 4.14. The summed E-state index contributed by atoms with van der Waals surface area (Å²) < 4.78 is 4.43. The van der Waals surface area contributed by atoms with Gasteiger partial charge in [0.25, 0.3) is 0 Å². The third-order valence-electron chi connectivity index (χ3n) is 0.160. The van der Waals surface area contributed by atoms with Crippen LogP contribution in [0.5, 0.6) is 0 Å². The number of halogens is 1. The molecule has 0 amide bonds. The molecule has 0 aliphatic heterocycles. The topological polar surface area (TPSA) is 9.23 Å². The molecule has 0 aromatic rings. The highest BCUT2D eigenvalue weighted by Gasteiger charge is 1.70. The van der Waals surface area contributed by atoms with Gasteiger partial charge in [0.1, 0.15) is 6.28 Å². The maximum absolute atomic E-state index is 5.16. The van der Waals surface area contributed by atoms with E-state index >= 15 is 0 Å². The van der Waals surface area contributed by atoms with E-state index in [4.69, 9.17) is 11.2 Å². The molecule has 0 radical (unpaired) electrons. The van der Waals surface area contributed by atoms with Crippen LogP contribution in [-0.4, -0.2) is 7.11 Å². The van der Waals surface area contributed by atoms with Crippen LogP contribution in [0.25, 0.3) is 0 Å². The molecule has 0 aromatic heterocycles. The molecule has 0 aromatic carbocycles. The maximum Gasteiger partial charge on any atom is 0.139 e. The van der Waals surface area contributed by atoms with E-state index in [0.717, 1.165) is 0 Å². The Balaban J connectivity index is 2.85. The lowest BCUT2D eigenvalue weighted by molar-refractivity contribution is 0.483. The first-order chi connectivity index (χ1) is 2.27. The lowest BCUT2D eigenvalue weighted by Crippen LogP contribution is -1.49. The van der Waals surface area contributed by atoms with Crippen molar-refractivity contribution in [3.8, 4) is 0 Å². The van der Waals surface area contributed by atoms with Crippen LogP contribution in [0.2, 0.25) is 0 Å². The summed E-state index contributed by atoms with van der Waals surface area (Å²) in [5.74, 6) is 0. The van der Waals surface area contributed by atoms with Crippen LogP contribution in [0.4, 0.5) is 0 Å². The van der Waals surface area contributed by atoms with Gasteiger partial charge in [0, 0.05) is 7.11 Å². The first kappa shape index (κ1) is 5.90.